The maximum absolute atomic E-state index is 11.7. The fourth-order valence-electron chi connectivity index (χ4n) is 2.37. The van der Waals surface area contributed by atoms with Crippen molar-refractivity contribution in [2.45, 2.75) is 29.9 Å². The van der Waals surface area contributed by atoms with Gasteiger partial charge in [-0.15, -0.1) is 0 Å². The molecule has 0 bridgehead atoms. The Labute approximate surface area is 122 Å². The van der Waals surface area contributed by atoms with Crippen molar-refractivity contribution in [2.24, 2.45) is 0 Å². The number of fused-ring (bicyclic) bond motifs is 1. The molecule has 4 N–H and O–H groups in total. The van der Waals surface area contributed by atoms with Crippen LogP contribution < -0.4 is 5.73 Å². The highest BCUT2D eigenvalue weighted by Gasteiger charge is 2.35. The van der Waals surface area contributed by atoms with E-state index in [9.17, 15) is 9.32 Å². The van der Waals surface area contributed by atoms with Crippen LogP contribution in [-0.2, 0) is 15.5 Å². The van der Waals surface area contributed by atoms with Crippen molar-refractivity contribution in [3.8, 4) is 0 Å². The Morgan fingerprint density at radius 3 is 2.95 bits per heavy atom. The molecule has 10 heteroatoms. The molecule has 4 atom stereocenters. The summed E-state index contributed by atoms with van der Waals surface area (Å²) in [6, 6.07) is 0. The minimum absolute atomic E-state index is 0.00768. The van der Waals surface area contributed by atoms with Gasteiger partial charge in [-0.3, -0.25) is 8.78 Å². The Hall–Kier alpha value is -1.62. The summed E-state index contributed by atoms with van der Waals surface area (Å²) in [6.07, 6.45) is 1.33. The Morgan fingerprint density at radius 1 is 1.57 bits per heavy atom. The number of ether oxygens (including phenoxy) is 1. The number of anilines is 1. The summed E-state index contributed by atoms with van der Waals surface area (Å²) < 4.78 is 18.9. The van der Waals surface area contributed by atoms with Gasteiger partial charge in [0.2, 0.25) is 5.95 Å². The van der Waals surface area contributed by atoms with Gasteiger partial charge in [0, 0.05) is 12.7 Å². The van der Waals surface area contributed by atoms with Crippen molar-refractivity contribution in [3.05, 3.63) is 6.33 Å². The summed E-state index contributed by atoms with van der Waals surface area (Å²) in [5, 5.41) is 19.2. The molecule has 114 valence electrons. The SMILES string of the molecule is CS(=O)c1nc(N)nc2c1ncn2[C@H]1C[C@H](O)[C@@H](CO)O1. The molecule has 0 amide bonds. The lowest BCUT2D eigenvalue weighted by molar-refractivity contribution is -0.0432. The van der Waals surface area contributed by atoms with Crippen LogP contribution >= 0.6 is 0 Å². The first-order valence-electron chi connectivity index (χ1n) is 6.29. The summed E-state index contributed by atoms with van der Waals surface area (Å²) in [5.41, 5.74) is 6.42. The maximum atomic E-state index is 11.7. The second-order valence-electron chi connectivity index (χ2n) is 4.78. The van der Waals surface area contributed by atoms with Gasteiger partial charge < -0.3 is 20.7 Å². The molecular formula is C11H15N5O4S. The van der Waals surface area contributed by atoms with Crippen molar-refractivity contribution in [3.63, 3.8) is 0 Å². The van der Waals surface area contributed by atoms with E-state index in [0.717, 1.165) is 0 Å². The lowest BCUT2D eigenvalue weighted by Gasteiger charge is -2.13. The van der Waals surface area contributed by atoms with E-state index in [-0.39, 0.29) is 17.6 Å². The molecule has 2 aromatic heterocycles. The van der Waals surface area contributed by atoms with E-state index < -0.39 is 29.2 Å². The molecular weight excluding hydrogens is 298 g/mol. The van der Waals surface area contributed by atoms with Crippen molar-refractivity contribution in [1.29, 1.82) is 0 Å². The van der Waals surface area contributed by atoms with E-state index >= 15 is 0 Å². The smallest absolute Gasteiger partial charge is 0.223 e. The van der Waals surface area contributed by atoms with Gasteiger partial charge in [0.05, 0.1) is 29.8 Å². The number of hydrogen-bond donors (Lipinski definition) is 3. The van der Waals surface area contributed by atoms with Crippen LogP contribution in [0.2, 0.25) is 0 Å². The summed E-state index contributed by atoms with van der Waals surface area (Å²) >= 11 is 0. The van der Waals surface area contributed by atoms with E-state index in [1.165, 1.54) is 12.6 Å². The van der Waals surface area contributed by atoms with Crippen LogP contribution in [-0.4, -0.2) is 59.0 Å². The van der Waals surface area contributed by atoms with E-state index in [1.54, 1.807) is 4.57 Å². The highest BCUT2D eigenvalue weighted by atomic mass is 32.2. The number of rotatable bonds is 3. The molecule has 0 spiro atoms. The molecule has 1 aliphatic rings. The topological polar surface area (TPSA) is 136 Å². The molecule has 2 aromatic rings. The number of aliphatic hydroxyl groups excluding tert-OH is 2. The molecule has 0 aromatic carbocycles. The van der Waals surface area contributed by atoms with Crippen LogP contribution in [0.5, 0.6) is 0 Å². The minimum Gasteiger partial charge on any atom is -0.394 e. The van der Waals surface area contributed by atoms with Gasteiger partial charge in [-0.25, -0.2) is 9.97 Å². The molecule has 3 rings (SSSR count). The number of nitrogens with zero attached hydrogens (tertiary/aromatic N) is 4. The summed E-state index contributed by atoms with van der Waals surface area (Å²) in [7, 11) is -1.35. The zero-order valence-electron chi connectivity index (χ0n) is 11.2. The fourth-order valence-corrected chi connectivity index (χ4v) is 3.01. The average Bonchev–Trinajstić information content (AvgIpc) is 3.00. The average molecular weight is 313 g/mol. The number of nitrogen functional groups attached to an aromatic ring is 1. The lowest BCUT2D eigenvalue weighted by atomic mass is 10.2. The van der Waals surface area contributed by atoms with Gasteiger partial charge in [-0.05, 0) is 0 Å². The second kappa shape index (κ2) is 5.30. The molecule has 0 saturated carbocycles. The Morgan fingerprint density at radius 2 is 2.33 bits per heavy atom. The predicted molar refractivity (Wildman–Crippen MR) is 73.7 cm³/mol. The summed E-state index contributed by atoms with van der Waals surface area (Å²) in [6.45, 7) is -0.272. The van der Waals surface area contributed by atoms with Gasteiger partial charge in [0.1, 0.15) is 17.8 Å². The second-order valence-corrected chi connectivity index (χ2v) is 6.07. The van der Waals surface area contributed by atoms with Crippen LogP contribution in [0.25, 0.3) is 11.2 Å². The molecule has 1 fully saturated rings. The van der Waals surface area contributed by atoms with E-state index in [4.69, 9.17) is 15.6 Å². The van der Waals surface area contributed by atoms with Crippen molar-refractivity contribution >= 4 is 27.9 Å². The maximum Gasteiger partial charge on any atom is 0.223 e. The third kappa shape index (κ3) is 2.39. The molecule has 9 nitrogen and oxygen atoms in total. The van der Waals surface area contributed by atoms with E-state index in [1.807, 2.05) is 0 Å². The summed E-state index contributed by atoms with van der Waals surface area (Å²) in [5.74, 6) is -0.00768. The van der Waals surface area contributed by atoms with Gasteiger partial charge in [0.25, 0.3) is 0 Å². The Kier molecular flexibility index (Phi) is 3.61. The first-order valence-corrected chi connectivity index (χ1v) is 7.85. The van der Waals surface area contributed by atoms with Crippen LogP contribution in [0, 0.1) is 0 Å². The van der Waals surface area contributed by atoms with E-state index in [2.05, 4.69) is 15.0 Å². The normalized spacial score (nSPS) is 27.3. The van der Waals surface area contributed by atoms with Gasteiger partial charge in [-0.2, -0.15) is 4.98 Å². The number of nitrogens with two attached hydrogens (primary N) is 1. The largest absolute Gasteiger partial charge is 0.394 e. The summed E-state index contributed by atoms with van der Waals surface area (Å²) in [4.78, 5) is 12.2. The first-order chi connectivity index (χ1) is 10.0. The quantitative estimate of drug-likeness (QED) is 0.600. The number of aromatic nitrogens is 4. The fraction of sp³-hybridized carbons (Fsp3) is 0.545. The monoisotopic (exact) mass is 313 g/mol. The lowest BCUT2D eigenvalue weighted by Crippen LogP contribution is -2.24. The number of imidazole rings is 1. The van der Waals surface area contributed by atoms with Crippen LogP contribution in [0.3, 0.4) is 0 Å². The molecule has 3 heterocycles. The van der Waals surface area contributed by atoms with Crippen LogP contribution in [0.15, 0.2) is 11.4 Å². The van der Waals surface area contributed by atoms with Gasteiger partial charge >= 0.3 is 0 Å². The highest BCUT2D eigenvalue weighted by molar-refractivity contribution is 7.84. The number of aliphatic hydroxyl groups is 2. The standard InChI is InChI=1S/C11H15N5O4S/c1-21(19)10-8-9(14-11(12)15-10)16(4-13-8)7-2-5(18)6(3-17)20-7/h4-7,17-18H,2-3H2,1H3,(H2,12,14,15)/t5-,6+,7+,21?/m0/s1. The van der Waals surface area contributed by atoms with Gasteiger partial charge in [-0.1, -0.05) is 0 Å². The third-order valence-electron chi connectivity index (χ3n) is 3.37. The minimum atomic E-state index is -1.35. The van der Waals surface area contributed by atoms with Crippen LogP contribution in [0.4, 0.5) is 5.95 Å². The molecule has 1 saturated heterocycles. The van der Waals surface area contributed by atoms with Crippen molar-refractivity contribution < 1.29 is 19.2 Å². The predicted octanol–water partition coefficient (Wildman–Crippen LogP) is -1.21. The molecule has 21 heavy (non-hydrogen) atoms. The van der Waals surface area contributed by atoms with Gasteiger partial charge in [0.15, 0.2) is 10.7 Å². The van der Waals surface area contributed by atoms with Crippen LogP contribution in [0.1, 0.15) is 12.6 Å². The Balaban J connectivity index is 2.07. The first kappa shape index (κ1) is 14.3. The molecule has 0 radical (unpaired) electrons. The Bertz CT molecular complexity index is 705. The van der Waals surface area contributed by atoms with Crippen molar-refractivity contribution in [1.82, 2.24) is 19.5 Å². The number of hydrogen-bond acceptors (Lipinski definition) is 8. The highest BCUT2D eigenvalue weighted by Crippen LogP contribution is 2.31. The zero-order valence-corrected chi connectivity index (χ0v) is 12.0. The molecule has 1 aliphatic heterocycles. The zero-order chi connectivity index (χ0) is 15.1. The molecule has 1 unspecified atom stereocenters. The molecule has 0 aliphatic carbocycles. The van der Waals surface area contributed by atoms with Crippen molar-refractivity contribution in [2.75, 3.05) is 18.6 Å². The third-order valence-corrected chi connectivity index (χ3v) is 4.20. The van der Waals surface area contributed by atoms with E-state index in [0.29, 0.717) is 17.6 Å².